The van der Waals surface area contributed by atoms with E-state index < -0.39 is 0 Å². The molecule has 0 unspecified atom stereocenters. The highest BCUT2D eigenvalue weighted by molar-refractivity contribution is 7.13. The molecule has 0 saturated heterocycles. The van der Waals surface area contributed by atoms with E-state index >= 15 is 0 Å². The Kier molecular flexibility index (Phi) is 8.21. The predicted octanol–water partition coefficient (Wildman–Crippen LogP) is 2.99. The summed E-state index contributed by atoms with van der Waals surface area (Å²) in [5.41, 5.74) is 13.3. The van der Waals surface area contributed by atoms with Crippen LogP contribution in [-0.2, 0) is 17.6 Å². The fraction of sp³-hybridized carbons (Fsp3) is 0.312. The number of anilines is 1. The number of aryl methyl sites for hydroxylation is 1. The van der Waals surface area contributed by atoms with Gasteiger partial charge in [-0.1, -0.05) is 25.5 Å². The second kappa shape index (κ2) is 9.89. The third-order valence-electron chi connectivity index (χ3n) is 3.16. The van der Waals surface area contributed by atoms with Crippen LogP contribution in [0, 0.1) is 0 Å². The Labute approximate surface area is 151 Å². The number of aromatic nitrogens is 1. The van der Waals surface area contributed by atoms with Gasteiger partial charge in [-0.25, -0.2) is 4.98 Å². The van der Waals surface area contributed by atoms with Crippen molar-refractivity contribution in [3.8, 4) is 0 Å². The molecule has 1 aromatic heterocycles. The zero-order valence-electron chi connectivity index (χ0n) is 13.5. The highest BCUT2D eigenvalue weighted by Crippen LogP contribution is 2.19. The zero-order valence-corrected chi connectivity index (χ0v) is 15.1. The Bertz CT molecular complexity index is 680. The standard InChI is InChI=1S/C16H21N5OS.ClH/c1-2-3-4-11-5-7-12(8-6-11)19-14(22)9-13-10-23-16(20-13)21-15(17)18;/h5-8,10H,2-4,9H2,1H3,(H,19,22)(H4,17,18,20,21);1H. The lowest BCUT2D eigenvalue weighted by Crippen LogP contribution is -2.21. The Balaban J connectivity index is 0.00000288. The van der Waals surface area contributed by atoms with E-state index in [9.17, 15) is 4.79 Å². The molecule has 0 aliphatic heterocycles. The molecule has 24 heavy (non-hydrogen) atoms. The summed E-state index contributed by atoms with van der Waals surface area (Å²) in [5, 5.41) is 5.09. The maximum absolute atomic E-state index is 12.0. The SMILES string of the molecule is CCCCc1ccc(NC(=O)Cc2csc(N=C(N)N)n2)cc1.Cl. The first-order valence-corrected chi connectivity index (χ1v) is 8.37. The molecule has 1 amide bonds. The number of nitrogens with one attached hydrogen (secondary N) is 1. The third-order valence-corrected chi connectivity index (χ3v) is 3.95. The first-order chi connectivity index (χ1) is 11.1. The number of nitrogens with two attached hydrogens (primary N) is 2. The predicted molar refractivity (Wildman–Crippen MR) is 102 cm³/mol. The summed E-state index contributed by atoms with van der Waals surface area (Å²) >= 11 is 1.30. The lowest BCUT2D eigenvalue weighted by molar-refractivity contribution is -0.115. The Morgan fingerprint density at radius 1 is 1.29 bits per heavy atom. The maximum atomic E-state index is 12.0. The summed E-state index contributed by atoms with van der Waals surface area (Å²) in [6, 6.07) is 7.94. The molecule has 0 aliphatic rings. The smallest absolute Gasteiger partial charge is 0.230 e. The number of rotatable bonds is 7. The second-order valence-electron chi connectivity index (χ2n) is 5.18. The summed E-state index contributed by atoms with van der Waals surface area (Å²) in [7, 11) is 0. The van der Waals surface area contributed by atoms with Gasteiger partial charge in [-0.05, 0) is 30.5 Å². The van der Waals surface area contributed by atoms with Gasteiger partial charge in [0.25, 0.3) is 0 Å². The number of carbonyl (C=O) groups is 1. The normalized spacial score (nSPS) is 9.88. The van der Waals surface area contributed by atoms with Crippen molar-refractivity contribution in [2.45, 2.75) is 32.6 Å². The Hall–Kier alpha value is -2.12. The van der Waals surface area contributed by atoms with Crippen LogP contribution in [-0.4, -0.2) is 16.9 Å². The van der Waals surface area contributed by atoms with Crippen LogP contribution in [0.3, 0.4) is 0 Å². The lowest BCUT2D eigenvalue weighted by Gasteiger charge is -2.05. The number of carbonyl (C=O) groups excluding carboxylic acids is 1. The van der Waals surface area contributed by atoms with Crippen molar-refractivity contribution in [3.63, 3.8) is 0 Å². The molecule has 5 N–H and O–H groups in total. The number of guanidine groups is 1. The highest BCUT2D eigenvalue weighted by Gasteiger charge is 2.08. The molecule has 0 radical (unpaired) electrons. The molecule has 1 aromatic carbocycles. The van der Waals surface area contributed by atoms with Gasteiger partial charge in [0.15, 0.2) is 5.96 Å². The number of unbranched alkanes of at least 4 members (excludes halogenated alkanes) is 1. The largest absolute Gasteiger partial charge is 0.370 e. The summed E-state index contributed by atoms with van der Waals surface area (Å²) in [5.74, 6) is -0.161. The van der Waals surface area contributed by atoms with Crippen LogP contribution in [0.4, 0.5) is 10.8 Å². The van der Waals surface area contributed by atoms with E-state index in [-0.39, 0.29) is 30.7 Å². The van der Waals surface area contributed by atoms with Crippen LogP contribution < -0.4 is 16.8 Å². The van der Waals surface area contributed by atoms with Crippen molar-refractivity contribution in [2.75, 3.05) is 5.32 Å². The number of hydrogen-bond donors (Lipinski definition) is 3. The molecule has 2 rings (SSSR count). The number of halogens is 1. The molecule has 0 atom stereocenters. The molecule has 0 bridgehead atoms. The van der Waals surface area contributed by atoms with Gasteiger partial charge in [-0.2, -0.15) is 4.99 Å². The number of thiazole rings is 1. The average molecular weight is 368 g/mol. The van der Waals surface area contributed by atoms with Crippen molar-refractivity contribution in [2.24, 2.45) is 16.5 Å². The number of nitrogens with zero attached hydrogens (tertiary/aromatic N) is 2. The van der Waals surface area contributed by atoms with Crippen LogP contribution >= 0.6 is 23.7 Å². The molecule has 1 heterocycles. The van der Waals surface area contributed by atoms with E-state index in [1.165, 1.54) is 29.7 Å². The van der Waals surface area contributed by atoms with E-state index in [4.69, 9.17) is 11.5 Å². The van der Waals surface area contributed by atoms with E-state index in [1.807, 2.05) is 24.3 Å². The topological polar surface area (TPSA) is 106 Å². The minimum Gasteiger partial charge on any atom is -0.370 e. The molecule has 2 aromatic rings. The van der Waals surface area contributed by atoms with Gasteiger partial charge >= 0.3 is 0 Å². The average Bonchev–Trinajstić information content (AvgIpc) is 2.92. The molecule has 0 aliphatic carbocycles. The van der Waals surface area contributed by atoms with Gasteiger partial charge in [0, 0.05) is 11.1 Å². The van der Waals surface area contributed by atoms with Crippen molar-refractivity contribution < 1.29 is 4.79 Å². The van der Waals surface area contributed by atoms with Gasteiger partial charge < -0.3 is 16.8 Å². The maximum Gasteiger partial charge on any atom is 0.230 e. The molecule has 6 nitrogen and oxygen atoms in total. The summed E-state index contributed by atoms with van der Waals surface area (Å²) in [6.45, 7) is 2.17. The fourth-order valence-corrected chi connectivity index (χ4v) is 2.75. The summed E-state index contributed by atoms with van der Waals surface area (Å²) in [6.07, 6.45) is 3.60. The monoisotopic (exact) mass is 367 g/mol. The van der Waals surface area contributed by atoms with Crippen LogP contribution in [0.2, 0.25) is 0 Å². The Morgan fingerprint density at radius 2 is 2.00 bits per heavy atom. The minimum atomic E-state index is -0.118. The second-order valence-corrected chi connectivity index (χ2v) is 6.02. The van der Waals surface area contributed by atoms with Crippen molar-refractivity contribution in [3.05, 3.63) is 40.9 Å². The van der Waals surface area contributed by atoms with E-state index in [2.05, 4.69) is 22.2 Å². The number of aliphatic imine (C=N–C) groups is 1. The molecule has 8 heteroatoms. The number of amides is 1. The van der Waals surface area contributed by atoms with Gasteiger partial charge in [0.1, 0.15) is 0 Å². The fourth-order valence-electron chi connectivity index (χ4n) is 2.04. The van der Waals surface area contributed by atoms with Crippen molar-refractivity contribution in [1.82, 2.24) is 4.98 Å². The van der Waals surface area contributed by atoms with Gasteiger partial charge in [0.05, 0.1) is 12.1 Å². The van der Waals surface area contributed by atoms with Gasteiger partial charge in [0.2, 0.25) is 11.0 Å². The first kappa shape index (κ1) is 19.9. The summed E-state index contributed by atoms with van der Waals surface area (Å²) in [4.78, 5) is 20.1. The Morgan fingerprint density at radius 3 is 2.62 bits per heavy atom. The van der Waals surface area contributed by atoms with E-state index in [1.54, 1.807) is 5.38 Å². The minimum absolute atomic E-state index is 0. The molecule has 130 valence electrons. The van der Waals surface area contributed by atoms with Crippen molar-refractivity contribution >= 4 is 46.4 Å². The van der Waals surface area contributed by atoms with Crippen LogP contribution in [0.5, 0.6) is 0 Å². The molecular formula is C16H22ClN5OS. The van der Waals surface area contributed by atoms with E-state index in [0.29, 0.717) is 10.8 Å². The van der Waals surface area contributed by atoms with Gasteiger partial charge in [-0.15, -0.1) is 23.7 Å². The number of benzene rings is 1. The third kappa shape index (κ3) is 6.55. The zero-order chi connectivity index (χ0) is 16.7. The molecule has 0 fully saturated rings. The van der Waals surface area contributed by atoms with Crippen molar-refractivity contribution in [1.29, 1.82) is 0 Å². The lowest BCUT2D eigenvalue weighted by atomic mass is 10.1. The summed E-state index contributed by atoms with van der Waals surface area (Å²) < 4.78 is 0. The van der Waals surface area contributed by atoms with Crippen LogP contribution in [0.15, 0.2) is 34.6 Å². The first-order valence-electron chi connectivity index (χ1n) is 7.49. The number of hydrogen-bond acceptors (Lipinski definition) is 4. The quantitative estimate of drug-likeness (QED) is 0.516. The molecule has 0 saturated carbocycles. The highest BCUT2D eigenvalue weighted by atomic mass is 35.5. The molecule has 0 spiro atoms. The van der Waals surface area contributed by atoms with Crippen LogP contribution in [0.25, 0.3) is 0 Å². The van der Waals surface area contributed by atoms with Crippen LogP contribution in [0.1, 0.15) is 31.0 Å². The van der Waals surface area contributed by atoms with Gasteiger partial charge in [-0.3, -0.25) is 4.79 Å². The van der Waals surface area contributed by atoms with E-state index in [0.717, 1.165) is 12.1 Å². The molecular weight excluding hydrogens is 346 g/mol.